The van der Waals surface area contributed by atoms with Crippen LogP contribution < -0.4 is 5.69 Å². The molecule has 2 aromatic carbocycles. The molecule has 7 nitrogen and oxygen atoms in total. The Bertz CT molecular complexity index is 1320. The number of nitrogens with zero attached hydrogens (tertiary/aromatic N) is 4. The Balaban J connectivity index is 1.23. The van der Waals surface area contributed by atoms with Crippen molar-refractivity contribution in [3.63, 3.8) is 0 Å². The maximum absolute atomic E-state index is 13.4. The Kier molecular flexibility index (Phi) is 7.65. The van der Waals surface area contributed by atoms with Crippen LogP contribution in [-0.2, 0) is 9.59 Å². The summed E-state index contributed by atoms with van der Waals surface area (Å²) in [4.78, 5) is 47.3. The molecule has 2 aliphatic heterocycles. The summed E-state index contributed by atoms with van der Waals surface area (Å²) < 4.78 is 1.72. The first-order chi connectivity index (χ1) is 17.9. The van der Waals surface area contributed by atoms with E-state index in [2.05, 4.69) is 31.0 Å². The summed E-state index contributed by atoms with van der Waals surface area (Å²) >= 11 is 1.60. The van der Waals surface area contributed by atoms with Gasteiger partial charge in [0.2, 0.25) is 11.8 Å². The first-order valence-corrected chi connectivity index (χ1v) is 14.1. The summed E-state index contributed by atoms with van der Waals surface area (Å²) in [5.74, 6) is 0.587. The van der Waals surface area contributed by atoms with Crippen molar-refractivity contribution < 1.29 is 9.59 Å². The molecular weight excluding hydrogens is 484 g/mol. The first-order valence-electron chi connectivity index (χ1n) is 13.2. The highest BCUT2D eigenvalue weighted by Crippen LogP contribution is 2.44. The van der Waals surface area contributed by atoms with Crippen molar-refractivity contribution in [2.75, 3.05) is 19.6 Å². The van der Waals surface area contributed by atoms with Gasteiger partial charge in [0.1, 0.15) is 5.37 Å². The highest BCUT2D eigenvalue weighted by molar-refractivity contribution is 8.01. The van der Waals surface area contributed by atoms with Crippen LogP contribution in [0.2, 0.25) is 0 Å². The summed E-state index contributed by atoms with van der Waals surface area (Å²) in [6, 6.07) is 17.7. The van der Waals surface area contributed by atoms with Crippen LogP contribution in [-0.4, -0.2) is 56.0 Å². The highest BCUT2D eigenvalue weighted by Gasteiger charge is 2.42. The van der Waals surface area contributed by atoms with Crippen LogP contribution in [0, 0.1) is 5.92 Å². The average molecular weight is 519 g/mol. The smallest absolute Gasteiger partial charge is 0.342 e. The molecule has 2 atom stereocenters. The quantitative estimate of drug-likeness (QED) is 0.456. The first kappa shape index (κ1) is 25.5. The number of carbonyl (C=O) groups excluding carboxylic acids is 2. The molecule has 37 heavy (non-hydrogen) atoms. The normalized spacial score (nSPS) is 20.8. The topological polar surface area (TPSA) is 75.5 Å². The minimum atomic E-state index is -0.366. The van der Waals surface area contributed by atoms with Crippen LogP contribution in [0.5, 0.6) is 0 Å². The Morgan fingerprint density at radius 2 is 1.73 bits per heavy atom. The molecule has 2 saturated heterocycles. The number of benzene rings is 2. The summed E-state index contributed by atoms with van der Waals surface area (Å²) in [5.41, 5.74) is 1.56. The number of hydrogen-bond acceptors (Lipinski definition) is 5. The van der Waals surface area contributed by atoms with Crippen molar-refractivity contribution in [2.45, 2.75) is 56.2 Å². The van der Waals surface area contributed by atoms with Gasteiger partial charge in [-0.3, -0.25) is 14.2 Å². The molecule has 0 radical (unpaired) electrons. The van der Waals surface area contributed by atoms with Crippen LogP contribution in [0.15, 0.2) is 65.6 Å². The third-order valence-corrected chi connectivity index (χ3v) is 8.87. The van der Waals surface area contributed by atoms with E-state index in [1.165, 1.54) is 0 Å². The number of hydrogen-bond donors (Lipinski definition) is 0. The molecule has 2 aliphatic rings. The predicted octanol–water partition coefficient (Wildman–Crippen LogP) is 4.64. The van der Waals surface area contributed by atoms with Gasteiger partial charge in [-0.2, -0.15) is 4.98 Å². The van der Waals surface area contributed by atoms with E-state index >= 15 is 0 Å². The number of piperidine rings is 1. The van der Waals surface area contributed by atoms with E-state index in [9.17, 15) is 14.4 Å². The molecule has 194 valence electrons. The van der Waals surface area contributed by atoms with E-state index in [0.29, 0.717) is 43.9 Å². The van der Waals surface area contributed by atoms with Gasteiger partial charge in [-0.15, -0.1) is 11.8 Å². The van der Waals surface area contributed by atoms with Gasteiger partial charge in [-0.1, -0.05) is 62.4 Å². The van der Waals surface area contributed by atoms with E-state index in [4.69, 9.17) is 0 Å². The van der Waals surface area contributed by atoms with E-state index in [-0.39, 0.29) is 40.6 Å². The van der Waals surface area contributed by atoms with Gasteiger partial charge in [0, 0.05) is 43.7 Å². The van der Waals surface area contributed by atoms with E-state index in [1.807, 2.05) is 58.5 Å². The Morgan fingerprint density at radius 3 is 2.46 bits per heavy atom. The van der Waals surface area contributed by atoms with Crippen molar-refractivity contribution >= 4 is 34.5 Å². The SMILES string of the molecule is CC(C)CCN1C(=O)C(CC(=O)N2CCC(n3cc4ccccc4nc3=O)CC2)SC1c1ccccc1. The number of amides is 2. The molecule has 2 amide bonds. The lowest BCUT2D eigenvalue weighted by Gasteiger charge is -2.33. The van der Waals surface area contributed by atoms with Crippen LogP contribution in [0.3, 0.4) is 0 Å². The zero-order valence-electron chi connectivity index (χ0n) is 21.5. The molecule has 8 heteroatoms. The van der Waals surface area contributed by atoms with Crippen molar-refractivity contribution in [2.24, 2.45) is 5.92 Å². The molecule has 0 bridgehead atoms. The molecule has 0 saturated carbocycles. The lowest BCUT2D eigenvalue weighted by molar-refractivity contribution is -0.136. The number of fused-ring (bicyclic) bond motifs is 1. The molecule has 3 aromatic rings. The fraction of sp³-hybridized carbons (Fsp3) is 0.448. The maximum atomic E-state index is 13.4. The maximum Gasteiger partial charge on any atom is 0.348 e. The lowest BCUT2D eigenvalue weighted by Crippen LogP contribution is -2.42. The van der Waals surface area contributed by atoms with Gasteiger partial charge in [0.25, 0.3) is 0 Å². The van der Waals surface area contributed by atoms with E-state index in [1.54, 1.807) is 16.3 Å². The second kappa shape index (κ2) is 11.1. The third-order valence-electron chi connectivity index (χ3n) is 7.39. The molecule has 2 unspecified atom stereocenters. The fourth-order valence-corrected chi connectivity index (χ4v) is 6.70. The summed E-state index contributed by atoms with van der Waals surface area (Å²) in [5, 5.41) is 0.519. The standard InChI is InChI=1S/C29H34N4O3S/c1-20(2)12-17-32-27(35)25(37-28(32)21-8-4-3-5-9-21)18-26(34)31-15-13-23(14-16-31)33-19-22-10-6-7-11-24(22)30-29(33)36/h3-11,19-20,23,25,28H,12-18H2,1-2H3. The Labute approximate surface area is 221 Å². The van der Waals surface area contributed by atoms with E-state index < -0.39 is 0 Å². The number of likely N-dealkylation sites (tertiary alicyclic amines) is 1. The molecule has 0 spiro atoms. The summed E-state index contributed by atoms with van der Waals surface area (Å²) in [7, 11) is 0. The zero-order valence-corrected chi connectivity index (χ0v) is 22.3. The van der Waals surface area contributed by atoms with Crippen molar-refractivity contribution in [1.82, 2.24) is 19.4 Å². The highest BCUT2D eigenvalue weighted by atomic mass is 32.2. The number of para-hydroxylation sites is 1. The van der Waals surface area contributed by atoms with Gasteiger partial charge in [-0.25, -0.2) is 4.79 Å². The average Bonchev–Trinajstić information content (AvgIpc) is 3.22. The fourth-order valence-electron chi connectivity index (χ4n) is 5.23. The minimum absolute atomic E-state index is 0.0186. The lowest BCUT2D eigenvalue weighted by atomic mass is 10.0. The van der Waals surface area contributed by atoms with Gasteiger partial charge >= 0.3 is 5.69 Å². The number of rotatable bonds is 7. The molecule has 5 rings (SSSR count). The monoisotopic (exact) mass is 518 g/mol. The largest absolute Gasteiger partial charge is 0.348 e. The molecule has 0 N–H and O–H groups in total. The molecular formula is C29H34N4O3S. The number of aromatic nitrogens is 2. The van der Waals surface area contributed by atoms with Crippen molar-refractivity contribution in [3.05, 3.63) is 76.8 Å². The van der Waals surface area contributed by atoms with Crippen molar-refractivity contribution in [1.29, 1.82) is 0 Å². The molecule has 0 aliphatic carbocycles. The molecule has 1 aromatic heterocycles. The zero-order chi connectivity index (χ0) is 25.9. The van der Waals surface area contributed by atoms with Gasteiger partial charge < -0.3 is 9.80 Å². The van der Waals surface area contributed by atoms with Crippen LogP contribution in [0.25, 0.3) is 10.9 Å². The minimum Gasteiger partial charge on any atom is -0.342 e. The van der Waals surface area contributed by atoms with Gasteiger partial charge in [0.05, 0.1) is 10.8 Å². The molecule has 2 fully saturated rings. The third kappa shape index (κ3) is 5.59. The summed E-state index contributed by atoms with van der Waals surface area (Å²) in [6.07, 6.45) is 4.44. The number of thioether (sulfide) groups is 1. The second-order valence-electron chi connectivity index (χ2n) is 10.4. The van der Waals surface area contributed by atoms with Crippen LogP contribution >= 0.6 is 11.8 Å². The van der Waals surface area contributed by atoms with E-state index in [0.717, 1.165) is 17.4 Å². The Morgan fingerprint density at radius 1 is 1.03 bits per heavy atom. The van der Waals surface area contributed by atoms with Gasteiger partial charge in [0.15, 0.2) is 0 Å². The van der Waals surface area contributed by atoms with Crippen LogP contribution in [0.1, 0.15) is 56.5 Å². The Hall–Kier alpha value is -3.13. The summed E-state index contributed by atoms with van der Waals surface area (Å²) in [6.45, 7) is 6.19. The second-order valence-corrected chi connectivity index (χ2v) is 11.7. The predicted molar refractivity (Wildman–Crippen MR) is 147 cm³/mol. The van der Waals surface area contributed by atoms with Gasteiger partial charge in [-0.05, 0) is 36.8 Å². The van der Waals surface area contributed by atoms with Crippen molar-refractivity contribution in [3.8, 4) is 0 Å². The molecule has 3 heterocycles. The number of carbonyl (C=O) groups is 2. The van der Waals surface area contributed by atoms with Crippen LogP contribution in [0.4, 0.5) is 0 Å².